The Morgan fingerprint density at radius 1 is 1.00 bits per heavy atom. The number of piperazine rings is 1. The lowest BCUT2D eigenvalue weighted by atomic mass is 10.1. The second-order valence-corrected chi connectivity index (χ2v) is 6.06. The number of carboxylic acids is 1. The maximum atomic E-state index is 12.6. The Morgan fingerprint density at radius 3 is 2.08 bits per heavy atom. The van der Waals surface area contributed by atoms with E-state index in [1.165, 1.54) is 12.1 Å². The van der Waals surface area contributed by atoms with Crippen LogP contribution in [-0.4, -0.2) is 59.5 Å². The molecule has 0 spiro atoms. The molecule has 26 heavy (non-hydrogen) atoms. The number of carbonyl (C=O) groups excluding carboxylic acids is 1. The van der Waals surface area contributed by atoms with Crippen molar-refractivity contribution < 1.29 is 27.9 Å². The molecule has 0 unspecified atom stereocenters. The number of unbranched alkanes of at least 4 members (excludes halogenated alkanes) is 1. The van der Waals surface area contributed by atoms with Crippen molar-refractivity contribution in [2.45, 2.75) is 25.4 Å². The second kappa shape index (κ2) is 9.78. The SMILES string of the molecule is Cl.O=C(O)CCCCN1CCN(C(=O)c2ccc(C(F)(F)F)cc2)CC1. The van der Waals surface area contributed by atoms with E-state index >= 15 is 0 Å². The summed E-state index contributed by atoms with van der Waals surface area (Å²) < 4.78 is 37.7. The number of benzene rings is 1. The highest BCUT2D eigenvalue weighted by atomic mass is 35.5. The Hall–Kier alpha value is -1.80. The number of hydrogen-bond donors (Lipinski definition) is 1. The van der Waals surface area contributed by atoms with Gasteiger partial charge in [0, 0.05) is 38.2 Å². The van der Waals surface area contributed by atoms with Gasteiger partial charge in [-0.3, -0.25) is 14.5 Å². The lowest BCUT2D eigenvalue weighted by Crippen LogP contribution is -2.48. The molecule has 1 aliphatic rings. The number of carboxylic acid groups (broad SMARTS) is 1. The van der Waals surface area contributed by atoms with Gasteiger partial charge in [0.15, 0.2) is 0 Å². The van der Waals surface area contributed by atoms with Crippen LogP contribution in [0.2, 0.25) is 0 Å². The predicted octanol–water partition coefficient (Wildman–Crippen LogP) is 3.14. The van der Waals surface area contributed by atoms with Crippen molar-refractivity contribution in [1.29, 1.82) is 0 Å². The molecule has 0 atom stereocenters. The summed E-state index contributed by atoms with van der Waals surface area (Å²) in [6.07, 6.45) is -2.83. The van der Waals surface area contributed by atoms with Crippen molar-refractivity contribution in [2.24, 2.45) is 0 Å². The third kappa shape index (κ3) is 6.49. The Morgan fingerprint density at radius 2 is 1.58 bits per heavy atom. The van der Waals surface area contributed by atoms with E-state index in [0.717, 1.165) is 25.1 Å². The summed E-state index contributed by atoms with van der Waals surface area (Å²) in [6.45, 7) is 3.17. The quantitative estimate of drug-likeness (QED) is 0.753. The normalized spacial score (nSPS) is 15.4. The van der Waals surface area contributed by atoms with Crippen LogP contribution in [0.5, 0.6) is 0 Å². The van der Waals surface area contributed by atoms with Gasteiger partial charge in [-0.1, -0.05) is 0 Å². The Labute approximate surface area is 156 Å². The number of aliphatic carboxylic acids is 1. The van der Waals surface area contributed by atoms with Gasteiger partial charge in [-0.25, -0.2) is 0 Å². The first-order valence-corrected chi connectivity index (χ1v) is 8.18. The molecule has 2 rings (SSSR count). The predicted molar refractivity (Wildman–Crippen MR) is 92.5 cm³/mol. The van der Waals surface area contributed by atoms with Crippen LogP contribution in [0.4, 0.5) is 13.2 Å². The van der Waals surface area contributed by atoms with E-state index in [0.29, 0.717) is 32.6 Å². The van der Waals surface area contributed by atoms with E-state index in [9.17, 15) is 22.8 Å². The van der Waals surface area contributed by atoms with E-state index < -0.39 is 17.7 Å². The Bertz CT molecular complexity index is 600. The molecule has 1 heterocycles. The summed E-state index contributed by atoms with van der Waals surface area (Å²) in [5, 5.41) is 8.60. The van der Waals surface area contributed by atoms with Crippen LogP contribution in [0.1, 0.15) is 35.2 Å². The summed E-state index contributed by atoms with van der Waals surface area (Å²) in [4.78, 5) is 26.6. The first kappa shape index (κ1) is 22.2. The minimum absolute atomic E-state index is 0. The van der Waals surface area contributed by atoms with Gasteiger partial charge in [0.1, 0.15) is 0 Å². The van der Waals surface area contributed by atoms with Crippen LogP contribution < -0.4 is 0 Å². The summed E-state index contributed by atoms with van der Waals surface area (Å²) in [5.74, 6) is -1.06. The van der Waals surface area contributed by atoms with Gasteiger partial charge >= 0.3 is 12.1 Å². The molecule has 1 aliphatic heterocycles. The van der Waals surface area contributed by atoms with Gasteiger partial charge in [-0.15, -0.1) is 12.4 Å². The molecule has 1 fully saturated rings. The molecule has 0 aliphatic carbocycles. The summed E-state index contributed by atoms with van der Waals surface area (Å²) in [5.41, 5.74) is -0.516. The summed E-state index contributed by atoms with van der Waals surface area (Å²) in [6, 6.07) is 4.27. The number of hydrogen-bond acceptors (Lipinski definition) is 3. The minimum atomic E-state index is -4.41. The average molecular weight is 395 g/mol. The Balaban J connectivity index is 0.00000338. The van der Waals surface area contributed by atoms with E-state index in [-0.39, 0.29) is 30.3 Å². The fourth-order valence-electron chi connectivity index (χ4n) is 2.77. The van der Waals surface area contributed by atoms with Gasteiger partial charge in [-0.2, -0.15) is 13.2 Å². The maximum absolute atomic E-state index is 12.6. The van der Waals surface area contributed by atoms with E-state index in [2.05, 4.69) is 4.90 Å². The van der Waals surface area contributed by atoms with Crippen LogP contribution >= 0.6 is 12.4 Å². The molecule has 9 heteroatoms. The Kier molecular flexibility index (Phi) is 8.36. The first-order chi connectivity index (χ1) is 11.8. The molecular weight excluding hydrogens is 373 g/mol. The van der Waals surface area contributed by atoms with Crippen molar-refractivity contribution in [3.05, 3.63) is 35.4 Å². The standard InChI is InChI=1S/C17H21F3N2O3.ClH/c18-17(19,20)14-6-4-13(5-7-14)16(25)22-11-9-21(10-12-22)8-2-1-3-15(23)24;/h4-7H,1-3,8-12H2,(H,23,24);1H. The van der Waals surface area contributed by atoms with Crippen molar-refractivity contribution in [2.75, 3.05) is 32.7 Å². The van der Waals surface area contributed by atoms with Crippen LogP contribution in [0.3, 0.4) is 0 Å². The third-order valence-electron chi connectivity index (χ3n) is 4.23. The fraction of sp³-hybridized carbons (Fsp3) is 0.529. The highest BCUT2D eigenvalue weighted by molar-refractivity contribution is 5.94. The second-order valence-electron chi connectivity index (χ2n) is 6.06. The molecule has 0 saturated carbocycles. The maximum Gasteiger partial charge on any atom is 0.416 e. The van der Waals surface area contributed by atoms with Crippen molar-refractivity contribution in [1.82, 2.24) is 9.80 Å². The van der Waals surface area contributed by atoms with Crippen molar-refractivity contribution in [3.63, 3.8) is 0 Å². The van der Waals surface area contributed by atoms with Crippen LogP contribution in [0.25, 0.3) is 0 Å². The number of amides is 1. The van der Waals surface area contributed by atoms with Crippen LogP contribution in [-0.2, 0) is 11.0 Å². The lowest BCUT2D eigenvalue weighted by molar-refractivity contribution is -0.138. The molecule has 0 radical (unpaired) electrons. The lowest BCUT2D eigenvalue weighted by Gasteiger charge is -2.34. The molecule has 0 bridgehead atoms. The highest BCUT2D eigenvalue weighted by Crippen LogP contribution is 2.29. The molecule has 1 aromatic carbocycles. The van der Waals surface area contributed by atoms with E-state index in [1.807, 2.05) is 0 Å². The van der Waals surface area contributed by atoms with Gasteiger partial charge in [0.25, 0.3) is 5.91 Å². The largest absolute Gasteiger partial charge is 0.481 e. The monoisotopic (exact) mass is 394 g/mol. The molecule has 1 aromatic rings. The van der Waals surface area contributed by atoms with Gasteiger partial charge < -0.3 is 10.0 Å². The molecule has 5 nitrogen and oxygen atoms in total. The van der Waals surface area contributed by atoms with Crippen molar-refractivity contribution >= 4 is 24.3 Å². The molecule has 146 valence electrons. The number of halogens is 4. The fourth-order valence-corrected chi connectivity index (χ4v) is 2.77. The molecule has 1 N–H and O–H groups in total. The van der Waals surface area contributed by atoms with Gasteiger partial charge in [-0.05, 0) is 43.7 Å². The number of carbonyl (C=O) groups is 2. The van der Waals surface area contributed by atoms with Gasteiger partial charge in [0.2, 0.25) is 0 Å². The highest BCUT2D eigenvalue weighted by Gasteiger charge is 2.30. The third-order valence-corrected chi connectivity index (χ3v) is 4.23. The molecule has 1 amide bonds. The van der Waals surface area contributed by atoms with E-state index in [4.69, 9.17) is 5.11 Å². The number of nitrogens with zero attached hydrogens (tertiary/aromatic N) is 2. The topological polar surface area (TPSA) is 60.9 Å². The summed E-state index contributed by atoms with van der Waals surface area (Å²) >= 11 is 0. The smallest absolute Gasteiger partial charge is 0.416 e. The number of rotatable bonds is 6. The average Bonchev–Trinajstić information content (AvgIpc) is 2.58. The zero-order valence-electron chi connectivity index (χ0n) is 14.2. The molecule has 1 saturated heterocycles. The molecular formula is C17H22ClF3N2O3. The van der Waals surface area contributed by atoms with Crippen molar-refractivity contribution in [3.8, 4) is 0 Å². The summed E-state index contributed by atoms with van der Waals surface area (Å²) in [7, 11) is 0. The van der Waals surface area contributed by atoms with Gasteiger partial charge in [0.05, 0.1) is 5.56 Å². The van der Waals surface area contributed by atoms with Crippen LogP contribution in [0.15, 0.2) is 24.3 Å². The zero-order valence-corrected chi connectivity index (χ0v) is 15.0. The minimum Gasteiger partial charge on any atom is -0.481 e. The van der Waals surface area contributed by atoms with Crippen LogP contribution in [0, 0.1) is 0 Å². The van der Waals surface area contributed by atoms with E-state index in [1.54, 1.807) is 4.90 Å². The molecule has 0 aromatic heterocycles. The first-order valence-electron chi connectivity index (χ1n) is 8.18. The number of alkyl halides is 3. The zero-order chi connectivity index (χ0) is 18.4.